The van der Waals surface area contributed by atoms with Crippen LogP contribution in [0.3, 0.4) is 0 Å². The maximum atomic E-state index is 10.1. The van der Waals surface area contributed by atoms with Crippen LogP contribution in [0.2, 0.25) is 0 Å². The number of hydrogen-bond donors (Lipinski definition) is 2. The lowest BCUT2D eigenvalue weighted by molar-refractivity contribution is 0.126. The van der Waals surface area contributed by atoms with Gasteiger partial charge >= 0.3 is 0 Å². The molecule has 112 valence electrons. The van der Waals surface area contributed by atoms with Gasteiger partial charge in [-0.25, -0.2) is 0 Å². The van der Waals surface area contributed by atoms with Crippen LogP contribution in [0.4, 0.5) is 0 Å². The molecule has 21 heavy (non-hydrogen) atoms. The van der Waals surface area contributed by atoms with Crippen molar-refractivity contribution in [1.29, 1.82) is 0 Å². The molecule has 3 heteroatoms. The Morgan fingerprint density at radius 3 is 2.81 bits per heavy atom. The summed E-state index contributed by atoms with van der Waals surface area (Å²) in [5, 5.41) is 13.8. The average molecular weight is 285 g/mol. The van der Waals surface area contributed by atoms with Gasteiger partial charge in [-0.05, 0) is 55.9 Å². The minimum atomic E-state index is -0.529. The van der Waals surface area contributed by atoms with Gasteiger partial charge in [-0.2, -0.15) is 0 Å². The first-order chi connectivity index (χ1) is 10.2. The fourth-order valence-corrected chi connectivity index (χ4v) is 3.24. The van der Waals surface area contributed by atoms with E-state index in [1.807, 2.05) is 12.1 Å². The Hall–Kier alpha value is -1.58. The Bertz CT molecular complexity index is 564. The van der Waals surface area contributed by atoms with Crippen molar-refractivity contribution < 1.29 is 9.52 Å². The summed E-state index contributed by atoms with van der Waals surface area (Å²) in [6, 6.07) is 13.1. The molecule has 0 radical (unpaired) electrons. The number of fused-ring (bicyclic) bond motifs is 1. The molecule has 1 aliphatic carbocycles. The Kier molecular flexibility index (Phi) is 4.42. The van der Waals surface area contributed by atoms with Gasteiger partial charge in [0.2, 0.25) is 0 Å². The summed E-state index contributed by atoms with van der Waals surface area (Å²) in [5.41, 5.74) is 2.94. The molecule has 1 aliphatic rings. The van der Waals surface area contributed by atoms with E-state index in [1.54, 1.807) is 6.26 Å². The third-order valence-electron chi connectivity index (χ3n) is 4.32. The molecule has 2 aromatic rings. The van der Waals surface area contributed by atoms with Gasteiger partial charge in [-0.3, -0.25) is 0 Å². The van der Waals surface area contributed by atoms with E-state index >= 15 is 0 Å². The number of furan rings is 1. The summed E-state index contributed by atoms with van der Waals surface area (Å²) in [6.45, 7) is 2.13. The number of rotatable bonds is 5. The molecule has 3 nitrogen and oxygen atoms in total. The van der Waals surface area contributed by atoms with Crippen molar-refractivity contribution in [2.24, 2.45) is 0 Å². The van der Waals surface area contributed by atoms with Crippen molar-refractivity contribution in [2.75, 3.05) is 0 Å². The zero-order chi connectivity index (χ0) is 14.7. The Labute approximate surface area is 126 Å². The number of aryl methyl sites for hydroxylation is 1. The second-order valence-electron chi connectivity index (χ2n) is 6.04. The van der Waals surface area contributed by atoms with Crippen LogP contribution < -0.4 is 5.32 Å². The summed E-state index contributed by atoms with van der Waals surface area (Å²) >= 11 is 0. The van der Waals surface area contributed by atoms with Crippen LogP contribution in [0.1, 0.15) is 42.8 Å². The molecule has 3 rings (SSSR count). The molecule has 3 atom stereocenters. The number of hydrogen-bond acceptors (Lipinski definition) is 3. The van der Waals surface area contributed by atoms with Crippen LogP contribution in [0.5, 0.6) is 0 Å². The monoisotopic (exact) mass is 285 g/mol. The van der Waals surface area contributed by atoms with Gasteiger partial charge in [0.1, 0.15) is 11.9 Å². The van der Waals surface area contributed by atoms with Gasteiger partial charge in [-0.1, -0.05) is 24.3 Å². The Morgan fingerprint density at radius 1 is 1.24 bits per heavy atom. The van der Waals surface area contributed by atoms with Gasteiger partial charge in [0.15, 0.2) is 0 Å². The molecular formula is C18H23NO2. The topological polar surface area (TPSA) is 45.4 Å². The zero-order valence-corrected chi connectivity index (χ0v) is 12.5. The van der Waals surface area contributed by atoms with Crippen molar-refractivity contribution in [3.05, 3.63) is 59.5 Å². The first kappa shape index (κ1) is 14.4. The van der Waals surface area contributed by atoms with Crippen LogP contribution in [-0.2, 0) is 12.8 Å². The standard InChI is InChI=1S/C18H23NO2/c1-13(11-17(20)18-7-4-10-21-18)19-16-9-8-14-5-2-3-6-15(14)12-16/h2-7,10,13,16-17,19-20H,8-9,11-12H2,1H3. The molecule has 0 saturated carbocycles. The van der Waals surface area contributed by atoms with Gasteiger partial charge in [0.05, 0.1) is 6.26 Å². The minimum absolute atomic E-state index is 0.264. The normalized spacial score (nSPS) is 20.8. The van der Waals surface area contributed by atoms with Crippen LogP contribution in [0.25, 0.3) is 0 Å². The molecule has 1 aromatic heterocycles. The minimum Gasteiger partial charge on any atom is -0.467 e. The summed E-state index contributed by atoms with van der Waals surface area (Å²) in [4.78, 5) is 0. The second kappa shape index (κ2) is 6.46. The maximum absolute atomic E-state index is 10.1. The lowest BCUT2D eigenvalue weighted by Crippen LogP contribution is -2.40. The molecular weight excluding hydrogens is 262 g/mol. The van der Waals surface area contributed by atoms with Crippen molar-refractivity contribution in [3.63, 3.8) is 0 Å². The van der Waals surface area contributed by atoms with E-state index in [2.05, 4.69) is 36.5 Å². The summed E-state index contributed by atoms with van der Waals surface area (Å²) in [6.07, 6.45) is 5.13. The van der Waals surface area contributed by atoms with Gasteiger partial charge in [-0.15, -0.1) is 0 Å². The molecule has 0 amide bonds. The lowest BCUT2D eigenvalue weighted by Gasteiger charge is -2.29. The lowest BCUT2D eigenvalue weighted by atomic mass is 9.88. The van der Waals surface area contributed by atoms with Crippen molar-refractivity contribution >= 4 is 0 Å². The van der Waals surface area contributed by atoms with E-state index in [-0.39, 0.29) is 6.04 Å². The number of benzene rings is 1. The third-order valence-corrected chi connectivity index (χ3v) is 4.32. The number of nitrogens with one attached hydrogen (secondary N) is 1. The Morgan fingerprint density at radius 2 is 2.05 bits per heavy atom. The number of aliphatic hydroxyl groups is 1. The van der Waals surface area contributed by atoms with Crippen LogP contribution >= 0.6 is 0 Å². The van der Waals surface area contributed by atoms with Crippen LogP contribution in [0, 0.1) is 0 Å². The molecule has 2 N–H and O–H groups in total. The highest BCUT2D eigenvalue weighted by molar-refractivity contribution is 5.30. The predicted molar refractivity (Wildman–Crippen MR) is 83.1 cm³/mol. The fourth-order valence-electron chi connectivity index (χ4n) is 3.24. The van der Waals surface area contributed by atoms with Gasteiger partial charge < -0.3 is 14.8 Å². The quantitative estimate of drug-likeness (QED) is 0.886. The molecule has 1 heterocycles. The highest BCUT2D eigenvalue weighted by Crippen LogP contribution is 2.23. The smallest absolute Gasteiger partial charge is 0.132 e. The average Bonchev–Trinajstić information content (AvgIpc) is 3.01. The fraction of sp³-hybridized carbons (Fsp3) is 0.444. The zero-order valence-electron chi connectivity index (χ0n) is 12.5. The van der Waals surface area contributed by atoms with E-state index in [0.29, 0.717) is 18.2 Å². The highest BCUT2D eigenvalue weighted by atomic mass is 16.4. The first-order valence-electron chi connectivity index (χ1n) is 7.76. The highest BCUT2D eigenvalue weighted by Gasteiger charge is 2.21. The largest absolute Gasteiger partial charge is 0.467 e. The summed E-state index contributed by atoms with van der Waals surface area (Å²) < 4.78 is 5.25. The first-order valence-corrected chi connectivity index (χ1v) is 7.76. The number of aliphatic hydroxyl groups excluding tert-OH is 1. The van der Waals surface area contributed by atoms with E-state index in [9.17, 15) is 5.11 Å². The van der Waals surface area contributed by atoms with Crippen molar-refractivity contribution in [3.8, 4) is 0 Å². The molecule has 3 unspecified atom stereocenters. The molecule has 1 aromatic carbocycles. The molecule has 0 bridgehead atoms. The molecule has 0 spiro atoms. The SMILES string of the molecule is CC(CC(O)c1ccco1)NC1CCc2ccccc2C1. The van der Waals surface area contributed by atoms with Crippen molar-refractivity contribution in [2.45, 2.75) is 50.8 Å². The van der Waals surface area contributed by atoms with E-state index in [0.717, 1.165) is 19.3 Å². The molecule has 0 saturated heterocycles. The predicted octanol–water partition coefficient (Wildman–Crippen LogP) is 3.24. The van der Waals surface area contributed by atoms with Gasteiger partial charge in [0.25, 0.3) is 0 Å². The summed E-state index contributed by atoms with van der Waals surface area (Å²) in [5.74, 6) is 0.651. The van der Waals surface area contributed by atoms with Crippen LogP contribution in [-0.4, -0.2) is 17.2 Å². The molecule has 0 fully saturated rings. The third kappa shape index (κ3) is 3.55. The van der Waals surface area contributed by atoms with E-state index < -0.39 is 6.10 Å². The second-order valence-corrected chi connectivity index (χ2v) is 6.04. The maximum Gasteiger partial charge on any atom is 0.132 e. The van der Waals surface area contributed by atoms with Crippen molar-refractivity contribution in [1.82, 2.24) is 5.32 Å². The summed E-state index contributed by atoms with van der Waals surface area (Å²) in [7, 11) is 0. The molecule has 0 aliphatic heterocycles. The van der Waals surface area contributed by atoms with E-state index in [4.69, 9.17) is 4.42 Å². The van der Waals surface area contributed by atoms with E-state index in [1.165, 1.54) is 11.1 Å². The van der Waals surface area contributed by atoms with Crippen LogP contribution in [0.15, 0.2) is 47.1 Å². The van der Waals surface area contributed by atoms with Gasteiger partial charge in [0, 0.05) is 12.1 Å². The Balaban J connectivity index is 1.53.